The first-order valence-electron chi connectivity index (χ1n) is 33.4. The third-order valence-electron chi connectivity index (χ3n) is 18.3. The van der Waals surface area contributed by atoms with E-state index in [-0.39, 0.29) is 115 Å². The molecule has 0 aromatic heterocycles. The summed E-state index contributed by atoms with van der Waals surface area (Å²) in [5, 5.41) is 91.6. The van der Waals surface area contributed by atoms with E-state index in [0.29, 0.717) is 107 Å². The number of benzene rings is 10. The number of allylic oxidation sites excluding steroid dienone is 5. The Bertz CT molecular complexity index is 6030. The van der Waals surface area contributed by atoms with Crippen molar-refractivity contribution in [2.24, 2.45) is 5.92 Å². The third-order valence-corrected chi connectivity index (χ3v) is 20.8. The highest BCUT2D eigenvalue weighted by Gasteiger charge is 2.41. The maximum absolute atomic E-state index is 12.0. The van der Waals surface area contributed by atoms with Gasteiger partial charge in [0.25, 0.3) is 6.47 Å². The summed E-state index contributed by atoms with van der Waals surface area (Å²) in [6.07, 6.45) is 5.83. The van der Waals surface area contributed by atoms with E-state index in [1.165, 1.54) is 97.9 Å². The van der Waals surface area contributed by atoms with E-state index in [0.717, 1.165) is 0 Å². The van der Waals surface area contributed by atoms with Crippen LogP contribution in [0, 0.1) is 5.92 Å². The van der Waals surface area contributed by atoms with E-state index >= 15 is 0 Å². The summed E-state index contributed by atoms with van der Waals surface area (Å²) in [6, 6.07) is 40.0. The molecular weight excluding hydrogens is 1680 g/mol. The molecule has 116 heavy (non-hydrogen) atoms. The molecule has 15 rings (SSSR count). The van der Waals surface area contributed by atoms with Crippen LogP contribution in [0.3, 0.4) is 0 Å². The van der Waals surface area contributed by atoms with Crippen molar-refractivity contribution >= 4 is 146 Å². The monoisotopic (exact) mass is 1730 g/mol. The number of ketones is 1. The number of carbonyl (C=O) groups excluding carboxylic acids is 3. The Hall–Kier alpha value is -12.3. The van der Waals surface area contributed by atoms with Crippen molar-refractivity contribution in [3.8, 4) is 79.9 Å². The van der Waals surface area contributed by atoms with Gasteiger partial charge in [0, 0.05) is 128 Å². The van der Waals surface area contributed by atoms with Crippen LogP contribution in [0.2, 0.25) is 35.2 Å². The maximum atomic E-state index is 12.0. The quantitative estimate of drug-likeness (QED) is 0.00706. The van der Waals surface area contributed by atoms with Crippen molar-refractivity contribution in [1.82, 2.24) is 0 Å². The van der Waals surface area contributed by atoms with Gasteiger partial charge in [-0.25, -0.2) is 19.2 Å². The number of phenols is 4. The number of carboxylic acids is 4. The Morgan fingerprint density at radius 3 is 1.58 bits per heavy atom. The molecule has 0 spiro atoms. The molecule has 2 aliphatic carbocycles. The average Bonchev–Trinajstić information content (AvgIpc) is 0.763. The highest BCUT2D eigenvalue weighted by atomic mass is 35.5. The lowest BCUT2D eigenvalue weighted by Gasteiger charge is -2.36. The highest BCUT2D eigenvalue weighted by molar-refractivity contribution is 6.44. The Morgan fingerprint density at radius 2 is 1.02 bits per heavy atom. The van der Waals surface area contributed by atoms with Crippen LogP contribution < -0.4 is 24.4 Å². The molecule has 0 bridgehead atoms. The first kappa shape index (κ1) is 84.6. The van der Waals surface area contributed by atoms with Gasteiger partial charge in [-0.2, -0.15) is 0 Å². The molecule has 9 aromatic rings. The number of esters is 1. The molecule has 10 N–H and O–H groups in total. The summed E-state index contributed by atoms with van der Waals surface area (Å²) in [4.78, 5) is 93.1. The molecule has 0 saturated carbocycles. The molecule has 32 heteroatoms. The second-order valence-electron chi connectivity index (χ2n) is 25.3. The van der Waals surface area contributed by atoms with Gasteiger partial charge in [-0.1, -0.05) is 179 Å². The number of hydrogen-bond donors (Lipinski definition) is 10. The number of ether oxygens (including phenoxy) is 5. The number of aromatic carboxylic acids is 3. The van der Waals surface area contributed by atoms with Crippen molar-refractivity contribution in [2.75, 3.05) is 0 Å². The fourth-order valence-electron chi connectivity index (χ4n) is 13.4. The predicted octanol–water partition coefficient (Wildman–Crippen LogP) is 20.7. The van der Waals surface area contributed by atoms with Crippen LogP contribution in [0.1, 0.15) is 100 Å². The number of carboxylic acid groups (broad SMARTS) is 4. The minimum atomic E-state index is -1.22. The lowest BCUT2D eigenvalue weighted by Crippen LogP contribution is -2.28. The molecule has 9 aromatic carbocycles. The molecule has 0 radical (unpaired) electrons. The number of carbonyl (C=O) groups is 7. The average molecular weight is 1730 g/mol. The lowest BCUT2D eigenvalue weighted by atomic mass is 9.74. The lowest BCUT2D eigenvalue weighted by molar-refractivity contribution is -0.176. The van der Waals surface area contributed by atoms with E-state index in [9.17, 15) is 79.2 Å². The van der Waals surface area contributed by atoms with Gasteiger partial charge in [-0.3, -0.25) is 29.7 Å². The normalized spacial score (nSPS) is 14.5. The summed E-state index contributed by atoms with van der Waals surface area (Å²) in [6.45, 7) is 8.82. The fourth-order valence-corrected chi connectivity index (χ4v) is 14.9. The van der Waals surface area contributed by atoms with E-state index in [1.807, 2.05) is 0 Å². The van der Waals surface area contributed by atoms with Crippen molar-refractivity contribution < 1.29 is 113 Å². The molecule has 4 aliphatic heterocycles. The number of aliphatic carboxylic acids is 1. The minimum Gasteiger partial charge on any atom is -0.506 e. The van der Waals surface area contributed by atoms with Gasteiger partial charge in [0.2, 0.25) is 5.43 Å². The van der Waals surface area contributed by atoms with Crippen molar-refractivity contribution in [2.45, 2.75) is 31.3 Å². The molecule has 6 aliphatic rings. The Balaban J connectivity index is 0.000000151. The Morgan fingerprint density at radius 1 is 0.526 bits per heavy atom. The molecule has 24 nitrogen and oxygen atoms in total. The summed E-state index contributed by atoms with van der Waals surface area (Å²) in [5.74, 6) is -6.19. The van der Waals surface area contributed by atoms with Gasteiger partial charge < -0.3 is 69.0 Å². The van der Waals surface area contributed by atoms with Gasteiger partial charge in [-0.05, 0) is 89.0 Å². The largest absolute Gasteiger partial charge is 0.506 e. The summed E-state index contributed by atoms with van der Waals surface area (Å²) >= 11 is 49.2. The zero-order valence-electron chi connectivity index (χ0n) is 59.0. The van der Waals surface area contributed by atoms with Gasteiger partial charge in [0.05, 0.1) is 57.4 Å². The molecule has 3 unspecified atom stereocenters. The SMILES string of the molecule is C=C/C=C(\C(=C)C(=O)O)C1c2cc(Cl)c(COC=O)cc2Oc2cc(OC(C)=O)c(Cl)cc21.O=C(O)c1ccccc1-c1c2cc(Cl)c(=O)cc-2oc2cc(O)c(Cl)cc12.O=C(O)c1ccccc1C1c2cc(Cl)c(O)cc2Oc2cc(O)c(Cl)cc21.O=C1C=C2Oc3cc(O)c(Cl)cc3C(c3ccccc3C(=O)O)C2C=C1Cl.OO. The number of halogens is 8. The van der Waals surface area contributed by atoms with E-state index in [4.69, 9.17) is 131 Å². The molecule has 3 atom stereocenters. The molecular formula is C84H54Cl8O24. The van der Waals surface area contributed by atoms with Gasteiger partial charge in [0.15, 0.2) is 11.5 Å². The molecule has 0 saturated heterocycles. The highest BCUT2D eigenvalue weighted by Crippen LogP contribution is 2.56. The summed E-state index contributed by atoms with van der Waals surface area (Å²) in [5.41, 5.74) is 5.99. The van der Waals surface area contributed by atoms with Crippen LogP contribution in [0.25, 0.3) is 33.4 Å². The summed E-state index contributed by atoms with van der Waals surface area (Å²) < 4.78 is 33.4. The van der Waals surface area contributed by atoms with Gasteiger partial charge >= 0.3 is 29.8 Å². The summed E-state index contributed by atoms with van der Waals surface area (Å²) in [7, 11) is 0. The smallest absolute Gasteiger partial charge is 0.336 e. The Labute approximate surface area is 695 Å². The number of phenolic OH excluding ortho intramolecular Hbond substituents is 4. The standard InChI is InChI=1S/C24H18Cl2O7.2C20H12Cl2O5.C20H10Cl2O5.H2O2/c1-4-5-15(12(2)24(29)30)23-16-7-18(25)14(10-31-11-27)6-20(16)33-21-9-22(32-13(3)28)19(26)8-17(21)23;3*21-13-5-11-17(7-15(13)23)27-18-8-16(24)14(22)6-12(18)19(11)9-3-1-2-4-10(9)20(25)26;1-2/h4-9,11,23H,1-2,10H2,3H3,(H,29,30);1-8,19,23-24H,(H,25,26);1-8,11,19,24H,(H,25,26);1-8,23H,(H,25,26);1-2H/b15-5+;;;;. The number of aromatic hydroxyl groups is 4. The Kier molecular flexibility index (Phi) is 26.0. The number of rotatable bonds is 14. The van der Waals surface area contributed by atoms with Crippen molar-refractivity contribution in [3.05, 3.63) is 324 Å². The van der Waals surface area contributed by atoms with Crippen LogP contribution >= 0.6 is 92.8 Å². The van der Waals surface area contributed by atoms with E-state index in [1.54, 1.807) is 91.0 Å². The predicted molar refractivity (Wildman–Crippen MR) is 431 cm³/mol. The second-order valence-corrected chi connectivity index (χ2v) is 28.5. The van der Waals surface area contributed by atoms with Crippen LogP contribution in [0.5, 0.6) is 57.5 Å². The van der Waals surface area contributed by atoms with Crippen LogP contribution in [0.15, 0.2) is 226 Å². The van der Waals surface area contributed by atoms with Crippen LogP contribution in [-0.4, -0.2) is 93.5 Å². The van der Waals surface area contributed by atoms with Gasteiger partial charge in [0.1, 0.15) is 75.5 Å². The van der Waals surface area contributed by atoms with E-state index < -0.39 is 64.7 Å². The fraction of sp³-hybridized carbons (Fsp3) is 0.0714. The third kappa shape index (κ3) is 17.4. The minimum absolute atomic E-state index is 0.0176. The zero-order valence-corrected chi connectivity index (χ0v) is 65.1. The van der Waals surface area contributed by atoms with E-state index in [2.05, 4.69) is 13.2 Å². The number of hydrogen-bond acceptors (Lipinski definition) is 20. The maximum Gasteiger partial charge on any atom is 0.336 e. The molecule has 0 amide bonds. The second kappa shape index (κ2) is 35.6. The molecule has 0 fully saturated rings. The van der Waals surface area contributed by atoms with Crippen LogP contribution in [0.4, 0.5) is 0 Å². The zero-order chi connectivity index (χ0) is 84.2. The van der Waals surface area contributed by atoms with Gasteiger partial charge in [-0.15, -0.1) is 0 Å². The first-order valence-corrected chi connectivity index (χ1v) is 36.4. The molecule has 4 heterocycles. The first-order chi connectivity index (χ1) is 55.3. The molecule has 590 valence electrons. The topological polar surface area (TPSA) is 398 Å². The van der Waals surface area contributed by atoms with Crippen LogP contribution in [-0.2, 0) is 30.5 Å². The van der Waals surface area contributed by atoms with Crippen molar-refractivity contribution in [1.29, 1.82) is 0 Å². The number of fused-ring (bicyclic) bond motifs is 8. The van der Waals surface area contributed by atoms with Crippen molar-refractivity contribution in [3.63, 3.8) is 0 Å².